The summed E-state index contributed by atoms with van der Waals surface area (Å²) in [4.78, 5) is 10.9. The summed E-state index contributed by atoms with van der Waals surface area (Å²) in [6, 6.07) is 0. The van der Waals surface area contributed by atoms with E-state index in [1.54, 1.807) is 0 Å². The molecule has 1 rings (SSSR count). The first-order chi connectivity index (χ1) is 11.8. The van der Waals surface area contributed by atoms with Crippen LogP contribution in [-0.4, -0.2) is 12.1 Å². The molecule has 1 unspecified atom stereocenters. The molecule has 0 N–H and O–H groups in total. The second kappa shape index (κ2) is 14.5. The van der Waals surface area contributed by atoms with E-state index in [1.165, 1.54) is 0 Å². The highest BCUT2D eigenvalue weighted by Gasteiger charge is 2.19. The molecule has 24 heavy (non-hydrogen) atoms. The molecule has 2 heteroatoms. The van der Waals surface area contributed by atoms with Crippen molar-refractivity contribution in [3.63, 3.8) is 0 Å². The molecule has 1 aliphatic rings. The summed E-state index contributed by atoms with van der Waals surface area (Å²) in [6.45, 7) is 2.15. The van der Waals surface area contributed by atoms with E-state index in [9.17, 15) is 4.79 Å². The van der Waals surface area contributed by atoms with Crippen LogP contribution in [0.5, 0.6) is 0 Å². The van der Waals surface area contributed by atoms with Gasteiger partial charge in [0.15, 0.2) is 0 Å². The molecule has 2 nitrogen and oxygen atoms in total. The van der Waals surface area contributed by atoms with Crippen LogP contribution in [0.1, 0.15) is 51.9 Å². The van der Waals surface area contributed by atoms with Crippen LogP contribution >= 0.6 is 0 Å². The molecule has 1 aliphatic heterocycles. The van der Waals surface area contributed by atoms with Crippen LogP contribution in [0, 0.1) is 0 Å². The first-order valence-electron chi connectivity index (χ1n) is 8.95. The number of allylic oxidation sites excluding steroid dienone is 11. The van der Waals surface area contributed by atoms with Crippen molar-refractivity contribution >= 4 is 5.97 Å². The van der Waals surface area contributed by atoms with Gasteiger partial charge in [0, 0.05) is 6.42 Å². The average Bonchev–Trinajstić information content (AvgIpc) is 3.00. The third kappa shape index (κ3) is 11.5. The van der Waals surface area contributed by atoms with Gasteiger partial charge in [0.05, 0.1) is 0 Å². The minimum absolute atomic E-state index is 0.0282. The van der Waals surface area contributed by atoms with Gasteiger partial charge in [-0.3, -0.25) is 4.79 Å². The quantitative estimate of drug-likeness (QED) is 0.264. The van der Waals surface area contributed by atoms with Gasteiger partial charge >= 0.3 is 5.97 Å². The summed E-state index contributed by atoms with van der Waals surface area (Å²) in [7, 11) is 0. The Morgan fingerprint density at radius 2 is 1.38 bits per heavy atom. The van der Waals surface area contributed by atoms with E-state index in [2.05, 4.69) is 61.6 Å². The van der Waals surface area contributed by atoms with Gasteiger partial charge in [-0.25, -0.2) is 0 Å². The molecule has 0 aromatic carbocycles. The van der Waals surface area contributed by atoms with Crippen LogP contribution in [0.2, 0.25) is 0 Å². The zero-order chi connectivity index (χ0) is 17.3. The van der Waals surface area contributed by atoms with Crippen LogP contribution in [0.25, 0.3) is 0 Å². The fourth-order valence-electron chi connectivity index (χ4n) is 2.18. The molecule has 0 radical (unpaired) electrons. The molecule has 1 saturated heterocycles. The van der Waals surface area contributed by atoms with E-state index in [0.29, 0.717) is 6.42 Å². The molecule has 130 valence electrons. The van der Waals surface area contributed by atoms with Crippen LogP contribution < -0.4 is 0 Å². The van der Waals surface area contributed by atoms with Gasteiger partial charge in [-0.2, -0.15) is 0 Å². The predicted octanol–water partition coefficient (Wildman–Crippen LogP) is 6.00. The molecule has 0 amide bonds. The lowest BCUT2D eigenvalue weighted by atomic mass is 10.2. The molecule has 0 aromatic rings. The van der Waals surface area contributed by atoms with E-state index in [4.69, 9.17) is 4.74 Å². The summed E-state index contributed by atoms with van der Waals surface area (Å²) < 4.78 is 5.10. The predicted molar refractivity (Wildman–Crippen MR) is 103 cm³/mol. The molecule has 1 heterocycles. The van der Waals surface area contributed by atoms with Gasteiger partial charge in [-0.05, 0) is 44.6 Å². The van der Waals surface area contributed by atoms with E-state index in [0.717, 1.165) is 38.5 Å². The Morgan fingerprint density at radius 3 is 1.88 bits per heavy atom. The van der Waals surface area contributed by atoms with Crippen LogP contribution in [0.15, 0.2) is 72.9 Å². The molecule has 1 fully saturated rings. The number of hydrogen-bond donors (Lipinski definition) is 0. The van der Waals surface area contributed by atoms with Gasteiger partial charge in [-0.1, -0.05) is 73.8 Å². The Morgan fingerprint density at radius 1 is 0.833 bits per heavy atom. The first-order valence-corrected chi connectivity index (χ1v) is 8.95. The summed E-state index contributed by atoms with van der Waals surface area (Å²) in [5, 5.41) is 0. The number of carbonyl (C=O) groups is 1. The highest BCUT2D eigenvalue weighted by Crippen LogP contribution is 2.14. The highest BCUT2D eigenvalue weighted by molar-refractivity contribution is 5.71. The standard InChI is InChI=1S/C22H30O2/c1-2-3-4-5-6-7-8-9-10-11-12-13-14-15-16-17-18-21-19-20-22(23)24-21/h3-4,6-7,9-10,12-13,15-18,21H,2,5,8,11,14,19-20H2,1H3/b4-3-,7-6-,10-9-,13-12-,16-15-,18-17+. The number of ether oxygens (including phenoxy) is 1. The maximum Gasteiger partial charge on any atom is 0.306 e. The van der Waals surface area contributed by atoms with Crippen molar-refractivity contribution in [3.8, 4) is 0 Å². The normalized spacial score (nSPS) is 19.4. The van der Waals surface area contributed by atoms with Gasteiger partial charge in [0.2, 0.25) is 0 Å². The monoisotopic (exact) mass is 326 g/mol. The van der Waals surface area contributed by atoms with Crippen molar-refractivity contribution in [2.24, 2.45) is 0 Å². The average molecular weight is 326 g/mol. The fraction of sp³-hybridized carbons (Fsp3) is 0.409. The van der Waals surface area contributed by atoms with Crippen LogP contribution in [0.3, 0.4) is 0 Å². The Kier molecular flexibility index (Phi) is 12.1. The lowest BCUT2D eigenvalue weighted by Crippen LogP contribution is -2.01. The number of carbonyl (C=O) groups excluding carboxylic acids is 1. The van der Waals surface area contributed by atoms with Crippen LogP contribution in [-0.2, 0) is 9.53 Å². The highest BCUT2D eigenvalue weighted by atomic mass is 16.5. The fourth-order valence-corrected chi connectivity index (χ4v) is 2.18. The SMILES string of the molecule is CC/C=C\C/C=C\C/C=C\C/C=C\C/C=C\C=C\C1CCC(=O)O1. The van der Waals surface area contributed by atoms with E-state index in [-0.39, 0.29) is 12.1 Å². The van der Waals surface area contributed by atoms with Crippen molar-refractivity contribution in [3.05, 3.63) is 72.9 Å². The number of hydrogen-bond acceptors (Lipinski definition) is 2. The molecule has 0 bridgehead atoms. The largest absolute Gasteiger partial charge is 0.458 e. The van der Waals surface area contributed by atoms with Crippen molar-refractivity contribution < 1.29 is 9.53 Å². The smallest absolute Gasteiger partial charge is 0.306 e. The Hall–Kier alpha value is -2.09. The van der Waals surface area contributed by atoms with E-state index < -0.39 is 0 Å². The van der Waals surface area contributed by atoms with Gasteiger partial charge in [0.1, 0.15) is 6.10 Å². The molecular formula is C22H30O2. The van der Waals surface area contributed by atoms with Gasteiger partial charge in [-0.15, -0.1) is 0 Å². The zero-order valence-electron chi connectivity index (χ0n) is 14.8. The first kappa shape index (κ1) is 20.0. The van der Waals surface area contributed by atoms with E-state index in [1.807, 2.05) is 18.2 Å². The second-order valence-electron chi connectivity index (χ2n) is 5.62. The number of esters is 1. The lowest BCUT2D eigenvalue weighted by Gasteiger charge is -1.99. The summed E-state index contributed by atoms with van der Waals surface area (Å²) in [5.74, 6) is -0.0894. The minimum Gasteiger partial charge on any atom is -0.458 e. The van der Waals surface area contributed by atoms with Gasteiger partial charge < -0.3 is 4.74 Å². The van der Waals surface area contributed by atoms with Crippen molar-refractivity contribution in [1.82, 2.24) is 0 Å². The number of cyclic esters (lactones) is 1. The van der Waals surface area contributed by atoms with Crippen molar-refractivity contribution in [1.29, 1.82) is 0 Å². The lowest BCUT2D eigenvalue weighted by molar-refractivity contribution is -0.139. The van der Waals surface area contributed by atoms with Crippen LogP contribution in [0.4, 0.5) is 0 Å². The van der Waals surface area contributed by atoms with Crippen molar-refractivity contribution in [2.75, 3.05) is 0 Å². The molecule has 0 spiro atoms. The zero-order valence-corrected chi connectivity index (χ0v) is 14.8. The third-order valence-electron chi connectivity index (χ3n) is 3.48. The summed E-state index contributed by atoms with van der Waals surface area (Å²) >= 11 is 0. The Bertz CT molecular complexity index is 504. The molecule has 0 aliphatic carbocycles. The van der Waals surface area contributed by atoms with E-state index >= 15 is 0 Å². The molecule has 0 aromatic heterocycles. The molecule has 1 atom stereocenters. The molecule has 0 saturated carbocycles. The van der Waals surface area contributed by atoms with Crippen molar-refractivity contribution in [2.45, 2.75) is 58.0 Å². The maximum absolute atomic E-state index is 10.9. The second-order valence-corrected chi connectivity index (χ2v) is 5.62. The van der Waals surface area contributed by atoms with Gasteiger partial charge in [0.25, 0.3) is 0 Å². The minimum atomic E-state index is -0.0894. The summed E-state index contributed by atoms with van der Waals surface area (Å²) in [5.41, 5.74) is 0. The Balaban J connectivity index is 2.00. The topological polar surface area (TPSA) is 26.3 Å². The Labute approximate surface area is 147 Å². The summed E-state index contributed by atoms with van der Waals surface area (Å²) in [6.07, 6.45) is 31.9. The third-order valence-corrected chi connectivity index (χ3v) is 3.48. The number of rotatable bonds is 11. The molecular weight excluding hydrogens is 296 g/mol. The maximum atomic E-state index is 10.9.